The van der Waals surface area contributed by atoms with Gasteiger partial charge in [-0.3, -0.25) is 4.79 Å². The summed E-state index contributed by atoms with van der Waals surface area (Å²) < 4.78 is 11.1. The van der Waals surface area contributed by atoms with Crippen molar-refractivity contribution in [1.82, 2.24) is 0 Å². The molecule has 1 N–H and O–H groups in total. The van der Waals surface area contributed by atoms with Gasteiger partial charge in [0.1, 0.15) is 18.1 Å². The van der Waals surface area contributed by atoms with E-state index >= 15 is 0 Å². The molecule has 0 radical (unpaired) electrons. The van der Waals surface area contributed by atoms with Gasteiger partial charge in [-0.2, -0.15) is 0 Å². The number of halogens is 2. The lowest BCUT2D eigenvalue weighted by Gasteiger charge is -2.10. The van der Waals surface area contributed by atoms with Crippen LogP contribution in [0.3, 0.4) is 0 Å². The van der Waals surface area contributed by atoms with E-state index in [4.69, 9.17) is 32.7 Å². The van der Waals surface area contributed by atoms with Crippen LogP contribution in [0.2, 0.25) is 10.0 Å². The lowest BCUT2D eigenvalue weighted by atomic mass is 10.2. The highest BCUT2D eigenvalue weighted by molar-refractivity contribution is 6.32. The Morgan fingerprint density at radius 3 is 2.26 bits per heavy atom. The number of ether oxygens (including phenoxy) is 2. The summed E-state index contributed by atoms with van der Waals surface area (Å²) >= 11 is 11.9. The molecule has 0 saturated heterocycles. The van der Waals surface area contributed by atoms with Crippen molar-refractivity contribution < 1.29 is 14.3 Å². The lowest BCUT2D eigenvalue weighted by molar-refractivity contribution is -0.118. The highest BCUT2D eigenvalue weighted by atomic mass is 35.5. The van der Waals surface area contributed by atoms with Crippen LogP contribution in [0.5, 0.6) is 11.5 Å². The zero-order chi connectivity index (χ0) is 19.1. The maximum atomic E-state index is 12.0. The smallest absolute Gasteiger partial charge is 0.262 e. The molecule has 0 aliphatic heterocycles. The summed E-state index contributed by atoms with van der Waals surface area (Å²) in [6, 6.07) is 21.6. The summed E-state index contributed by atoms with van der Waals surface area (Å²) in [6.07, 6.45) is 0. The minimum Gasteiger partial charge on any atom is -0.489 e. The molecule has 0 aromatic heterocycles. The molecule has 0 heterocycles. The van der Waals surface area contributed by atoms with Crippen molar-refractivity contribution in [2.75, 3.05) is 11.9 Å². The normalized spacial score (nSPS) is 10.3. The maximum absolute atomic E-state index is 12.0. The molecule has 3 aromatic carbocycles. The van der Waals surface area contributed by atoms with Gasteiger partial charge < -0.3 is 14.8 Å². The number of rotatable bonds is 7. The number of hydrogen-bond donors (Lipinski definition) is 1. The summed E-state index contributed by atoms with van der Waals surface area (Å²) in [5.74, 6) is 0.903. The van der Waals surface area contributed by atoms with Crippen LogP contribution >= 0.6 is 23.2 Å². The standard InChI is InChI=1S/C21H17Cl2NO3/c22-16-7-5-15(6-8-16)13-26-18-11-9-17(10-12-18)24-21(25)14-27-20-4-2-1-3-19(20)23/h1-12H,13-14H2,(H,24,25). The van der Waals surface area contributed by atoms with E-state index in [2.05, 4.69) is 5.32 Å². The predicted molar refractivity (Wildman–Crippen MR) is 108 cm³/mol. The first kappa shape index (κ1) is 19.1. The number of para-hydroxylation sites is 1. The second kappa shape index (κ2) is 9.31. The van der Waals surface area contributed by atoms with E-state index in [1.807, 2.05) is 24.3 Å². The Kier molecular flexibility index (Phi) is 6.58. The van der Waals surface area contributed by atoms with Crippen molar-refractivity contribution >= 4 is 34.8 Å². The van der Waals surface area contributed by atoms with E-state index in [1.165, 1.54) is 0 Å². The number of carbonyl (C=O) groups excluding carboxylic acids is 1. The van der Waals surface area contributed by atoms with Gasteiger partial charge in [-0.1, -0.05) is 47.5 Å². The van der Waals surface area contributed by atoms with Crippen molar-refractivity contribution in [3.63, 3.8) is 0 Å². The van der Waals surface area contributed by atoms with E-state index in [1.54, 1.807) is 48.5 Å². The molecule has 0 saturated carbocycles. The number of carbonyl (C=O) groups is 1. The van der Waals surface area contributed by atoms with Gasteiger partial charge in [0.05, 0.1) is 5.02 Å². The lowest BCUT2D eigenvalue weighted by Crippen LogP contribution is -2.20. The van der Waals surface area contributed by atoms with Crippen LogP contribution in [0, 0.1) is 0 Å². The molecular formula is C21H17Cl2NO3. The highest BCUT2D eigenvalue weighted by Crippen LogP contribution is 2.23. The Morgan fingerprint density at radius 2 is 1.56 bits per heavy atom. The fraction of sp³-hybridized carbons (Fsp3) is 0.0952. The third-order valence-electron chi connectivity index (χ3n) is 3.65. The van der Waals surface area contributed by atoms with Gasteiger partial charge >= 0.3 is 0 Å². The van der Waals surface area contributed by atoms with Crippen LogP contribution in [0.25, 0.3) is 0 Å². The summed E-state index contributed by atoms with van der Waals surface area (Å²) in [5.41, 5.74) is 1.68. The molecule has 138 valence electrons. The van der Waals surface area contributed by atoms with E-state index in [9.17, 15) is 4.79 Å². The van der Waals surface area contributed by atoms with Crippen LogP contribution in [-0.2, 0) is 11.4 Å². The Morgan fingerprint density at radius 1 is 0.852 bits per heavy atom. The fourth-order valence-electron chi connectivity index (χ4n) is 2.28. The highest BCUT2D eigenvalue weighted by Gasteiger charge is 2.06. The molecular weight excluding hydrogens is 385 g/mol. The molecule has 0 aliphatic rings. The first-order chi connectivity index (χ1) is 13.1. The molecule has 0 unspecified atom stereocenters. The van der Waals surface area contributed by atoms with Crippen molar-refractivity contribution in [3.05, 3.63) is 88.4 Å². The number of benzene rings is 3. The molecule has 27 heavy (non-hydrogen) atoms. The Labute approximate surface area is 167 Å². The fourth-order valence-corrected chi connectivity index (χ4v) is 2.60. The van der Waals surface area contributed by atoms with Crippen LogP contribution in [0.1, 0.15) is 5.56 Å². The van der Waals surface area contributed by atoms with Crippen LogP contribution in [0.15, 0.2) is 72.8 Å². The molecule has 3 rings (SSSR count). The molecule has 3 aromatic rings. The Bertz CT molecular complexity index is 896. The monoisotopic (exact) mass is 401 g/mol. The van der Waals surface area contributed by atoms with Crippen LogP contribution < -0.4 is 14.8 Å². The third kappa shape index (κ3) is 5.91. The van der Waals surface area contributed by atoms with E-state index in [-0.39, 0.29) is 12.5 Å². The third-order valence-corrected chi connectivity index (χ3v) is 4.22. The van der Waals surface area contributed by atoms with E-state index < -0.39 is 0 Å². The minimum absolute atomic E-state index is 0.126. The van der Waals surface area contributed by atoms with Gasteiger partial charge in [0.2, 0.25) is 0 Å². The zero-order valence-electron chi connectivity index (χ0n) is 14.3. The molecule has 4 nitrogen and oxygen atoms in total. The summed E-state index contributed by atoms with van der Waals surface area (Å²) in [6.45, 7) is 0.313. The summed E-state index contributed by atoms with van der Waals surface area (Å²) in [5, 5.41) is 3.92. The molecule has 0 fully saturated rings. The van der Waals surface area contributed by atoms with Gasteiger partial charge in [-0.15, -0.1) is 0 Å². The topological polar surface area (TPSA) is 47.6 Å². The first-order valence-electron chi connectivity index (χ1n) is 8.24. The van der Waals surface area contributed by atoms with Crippen molar-refractivity contribution in [2.45, 2.75) is 6.61 Å². The molecule has 0 bridgehead atoms. The maximum Gasteiger partial charge on any atom is 0.262 e. The molecule has 0 atom stereocenters. The van der Waals surface area contributed by atoms with Crippen molar-refractivity contribution in [2.24, 2.45) is 0 Å². The average molecular weight is 402 g/mol. The summed E-state index contributed by atoms with van der Waals surface area (Å²) in [7, 11) is 0. The van der Waals surface area contributed by atoms with Crippen molar-refractivity contribution in [1.29, 1.82) is 0 Å². The second-order valence-corrected chi connectivity index (χ2v) is 6.55. The van der Waals surface area contributed by atoms with Crippen LogP contribution in [0.4, 0.5) is 5.69 Å². The molecule has 0 aliphatic carbocycles. The predicted octanol–water partition coefficient (Wildman–Crippen LogP) is 5.59. The summed E-state index contributed by atoms with van der Waals surface area (Å²) in [4.78, 5) is 12.0. The average Bonchev–Trinajstić information content (AvgIpc) is 2.68. The van der Waals surface area contributed by atoms with Gasteiger partial charge in [0, 0.05) is 10.7 Å². The largest absolute Gasteiger partial charge is 0.489 e. The molecule has 0 spiro atoms. The van der Waals surface area contributed by atoms with Gasteiger partial charge in [-0.05, 0) is 54.1 Å². The van der Waals surface area contributed by atoms with E-state index in [0.717, 1.165) is 5.56 Å². The quantitative estimate of drug-likeness (QED) is 0.561. The van der Waals surface area contributed by atoms with Gasteiger partial charge in [0.25, 0.3) is 5.91 Å². The molecule has 6 heteroatoms. The first-order valence-corrected chi connectivity index (χ1v) is 9.00. The number of nitrogens with one attached hydrogen (secondary N) is 1. The van der Waals surface area contributed by atoms with E-state index in [0.29, 0.717) is 33.8 Å². The van der Waals surface area contributed by atoms with Gasteiger partial charge in [0.15, 0.2) is 6.61 Å². The zero-order valence-corrected chi connectivity index (χ0v) is 15.8. The van der Waals surface area contributed by atoms with Crippen molar-refractivity contribution in [3.8, 4) is 11.5 Å². The Balaban J connectivity index is 1.47. The number of hydrogen-bond acceptors (Lipinski definition) is 3. The second-order valence-electron chi connectivity index (χ2n) is 5.71. The Hall–Kier alpha value is -2.69. The molecule has 1 amide bonds. The SMILES string of the molecule is O=C(COc1ccccc1Cl)Nc1ccc(OCc2ccc(Cl)cc2)cc1. The number of anilines is 1. The minimum atomic E-state index is -0.273. The van der Waals surface area contributed by atoms with Crippen LogP contribution in [-0.4, -0.2) is 12.5 Å². The van der Waals surface area contributed by atoms with Gasteiger partial charge in [-0.25, -0.2) is 0 Å². The number of amides is 1.